The van der Waals surface area contributed by atoms with Gasteiger partial charge >= 0.3 is 5.97 Å². The van der Waals surface area contributed by atoms with Gasteiger partial charge in [0, 0.05) is 0 Å². The van der Waals surface area contributed by atoms with Gasteiger partial charge in [-0.25, -0.2) is 0 Å². The van der Waals surface area contributed by atoms with Gasteiger partial charge in [0.15, 0.2) is 0 Å². The lowest BCUT2D eigenvalue weighted by Crippen LogP contribution is -2.24. The average molecular weight is 256 g/mol. The second-order valence-electron chi connectivity index (χ2n) is 5.87. The fourth-order valence-electron chi connectivity index (χ4n) is 2.01. The van der Waals surface area contributed by atoms with Gasteiger partial charge in [-0.15, -0.1) is 0 Å². The van der Waals surface area contributed by atoms with Crippen molar-refractivity contribution in [3.8, 4) is 0 Å². The van der Waals surface area contributed by atoms with E-state index < -0.39 is 5.41 Å². The van der Waals surface area contributed by atoms with Gasteiger partial charge in [-0.3, -0.25) is 4.79 Å². The van der Waals surface area contributed by atoms with E-state index in [4.69, 9.17) is 4.74 Å². The van der Waals surface area contributed by atoms with Crippen LogP contribution in [0.2, 0.25) is 0 Å². The average Bonchev–Trinajstić information content (AvgIpc) is 2.36. The molecule has 0 amide bonds. The lowest BCUT2D eigenvalue weighted by atomic mass is 9.96. The summed E-state index contributed by atoms with van der Waals surface area (Å²) in [7, 11) is 0. The van der Waals surface area contributed by atoms with Crippen LogP contribution in [-0.2, 0) is 9.53 Å². The van der Waals surface area contributed by atoms with E-state index in [2.05, 4.69) is 18.2 Å². The fraction of sp³-hybridized carbons (Fsp3) is 0.353. The van der Waals surface area contributed by atoms with Gasteiger partial charge in [-0.2, -0.15) is 0 Å². The van der Waals surface area contributed by atoms with E-state index in [1.54, 1.807) is 0 Å². The van der Waals surface area contributed by atoms with E-state index in [-0.39, 0.29) is 12.1 Å². The lowest BCUT2D eigenvalue weighted by molar-refractivity contribution is -0.158. The zero-order chi connectivity index (χ0) is 14.0. The number of ether oxygens (including phenoxy) is 1. The molecule has 0 unspecified atom stereocenters. The summed E-state index contributed by atoms with van der Waals surface area (Å²) in [6.45, 7) is 7.52. The van der Waals surface area contributed by atoms with Crippen molar-refractivity contribution in [3.63, 3.8) is 0 Å². The minimum absolute atomic E-state index is 0.173. The molecule has 2 nitrogen and oxygen atoms in total. The summed E-state index contributed by atoms with van der Waals surface area (Å²) in [4.78, 5) is 12.0. The molecule has 0 bridgehead atoms. The SMILES string of the molecule is C[C@@H](OC(=O)C(C)(C)C)c1cccc2ccccc12. The third kappa shape index (κ3) is 2.95. The molecular weight excluding hydrogens is 236 g/mol. The van der Waals surface area contributed by atoms with Crippen molar-refractivity contribution in [2.75, 3.05) is 0 Å². The Balaban J connectivity index is 2.32. The van der Waals surface area contributed by atoms with Crippen LogP contribution >= 0.6 is 0 Å². The Morgan fingerprint density at radius 3 is 2.37 bits per heavy atom. The van der Waals surface area contributed by atoms with Gasteiger partial charge in [0.2, 0.25) is 0 Å². The van der Waals surface area contributed by atoms with Gasteiger partial charge in [0.1, 0.15) is 6.10 Å². The number of hydrogen-bond donors (Lipinski definition) is 0. The van der Waals surface area contributed by atoms with Crippen molar-refractivity contribution in [2.24, 2.45) is 5.41 Å². The quantitative estimate of drug-likeness (QED) is 0.740. The highest BCUT2D eigenvalue weighted by Crippen LogP contribution is 2.28. The number of carbonyl (C=O) groups is 1. The topological polar surface area (TPSA) is 26.3 Å². The highest BCUT2D eigenvalue weighted by atomic mass is 16.5. The maximum absolute atomic E-state index is 12.0. The van der Waals surface area contributed by atoms with Crippen LogP contribution in [0.15, 0.2) is 42.5 Å². The Morgan fingerprint density at radius 1 is 1.05 bits per heavy atom. The Labute approximate surface area is 114 Å². The standard InChI is InChI=1S/C17H20O2/c1-12(19-16(18)17(2,3)4)14-11-7-9-13-8-5-6-10-15(13)14/h5-12H,1-4H3/t12-/m1/s1. The summed E-state index contributed by atoms with van der Waals surface area (Å²) in [6, 6.07) is 14.2. The minimum atomic E-state index is -0.473. The van der Waals surface area contributed by atoms with Crippen molar-refractivity contribution >= 4 is 16.7 Å². The summed E-state index contributed by atoms with van der Waals surface area (Å²) in [5.41, 5.74) is 0.578. The van der Waals surface area contributed by atoms with Gasteiger partial charge < -0.3 is 4.74 Å². The number of fused-ring (bicyclic) bond motifs is 1. The molecule has 100 valence electrons. The Bertz CT molecular complexity index is 588. The summed E-state index contributed by atoms with van der Waals surface area (Å²) in [6.07, 6.45) is -0.238. The van der Waals surface area contributed by atoms with Crippen LogP contribution in [0.5, 0.6) is 0 Å². The first kappa shape index (κ1) is 13.6. The first-order valence-corrected chi connectivity index (χ1v) is 6.58. The molecule has 0 saturated carbocycles. The molecule has 0 aromatic heterocycles. The molecule has 2 aromatic carbocycles. The van der Waals surface area contributed by atoms with E-state index in [1.807, 2.05) is 52.0 Å². The summed E-state index contributed by atoms with van der Waals surface area (Å²) in [5.74, 6) is -0.173. The second kappa shape index (κ2) is 5.04. The fourth-order valence-corrected chi connectivity index (χ4v) is 2.01. The molecule has 1 atom stereocenters. The molecule has 0 fully saturated rings. The van der Waals surface area contributed by atoms with Crippen LogP contribution in [0.25, 0.3) is 10.8 Å². The molecule has 0 aliphatic carbocycles. The molecule has 0 aliphatic rings. The Hall–Kier alpha value is -1.83. The highest BCUT2D eigenvalue weighted by molar-refractivity contribution is 5.86. The van der Waals surface area contributed by atoms with Gasteiger partial charge in [-0.05, 0) is 44.0 Å². The zero-order valence-electron chi connectivity index (χ0n) is 11.9. The number of rotatable bonds is 2. The van der Waals surface area contributed by atoms with Crippen molar-refractivity contribution in [2.45, 2.75) is 33.8 Å². The first-order chi connectivity index (χ1) is 8.89. The van der Waals surface area contributed by atoms with Gasteiger partial charge in [0.25, 0.3) is 0 Å². The van der Waals surface area contributed by atoms with E-state index >= 15 is 0 Å². The van der Waals surface area contributed by atoms with Crippen LogP contribution in [0.4, 0.5) is 0 Å². The number of benzene rings is 2. The molecule has 0 radical (unpaired) electrons. The zero-order valence-corrected chi connectivity index (χ0v) is 11.9. The maximum Gasteiger partial charge on any atom is 0.311 e. The third-order valence-electron chi connectivity index (χ3n) is 3.16. The van der Waals surface area contributed by atoms with Crippen LogP contribution in [0.1, 0.15) is 39.4 Å². The van der Waals surface area contributed by atoms with Crippen LogP contribution in [0.3, 0.4) is 0 Å². The molecule has 2 aromatic rings. The van der Waals surface area contributed by atoms with Crippen molar-refractivity contribution in [3.05, 3.63) is 48.0 Å². The third-order valence-corrected chi connectivity index (χ3v) is 3.16. The van der Waals surface area contributed by atoms with Crippen molar-refractivity contribution in [1.29, 1.82) is 0 Å². The number of hydrogen-bond acceptors (Lipinski definition) is 2. The molecule has 0 saturated heterocycles. The van der Waals surface area contributed by atoms with Crippen LogP contribution in [0, 0.1) is 5.41 Å². The van der Waals surface area contributed by atoms with E-state index in [0.717, 1.165) is 10.9 Å². The summed E-state index contributed by atoms with van der Waals surface area (Å²) in [5, 5.41) is 2.30. The molecule has 2 heteroatoms. The number of esters is 1. The number of carbonyl (C=O) groups excluding carboxylic acids is 1. The molecule has 0 spiro atoms. The Kier molecular flexibility index (Phi) is 3.61. The summed E-state index contributed by atoms with van der Waals surface area (Å²) >= 11 is 0. The molecule has 0 heterocycles. The van der Waals surface area contributed by atoms with E-state index in [9.17, 15) is 4.79 Å². The Morgan fingerprint density at radius 2 is 1.68 bits per heavy atom. The molecular formula is C17H20O2. The predicted molar refractivity (Wildman–Crippen MR) is 77.9 cm³/mol. The molecule has 2 rings (SSSR count). The lowest BCUT2D eigenvalue weighted by Gasteiger charge is -2.22. The van der Waals surface area contributed by atoms with Crippen LogP contribution < -0.4 is 0 Å². The smallest absolute Gasteiger partial charge is 0.311 e. The van der Waals surface area contributed by atoms with Gasteiger partial charge in [-0.1, -0.05) is 42.5 Å². The molecule has 19 heavy (non-hydrogen) atoms. The maximum atomic E-state index is 12.0. The monoisotopic (exact) mass is 256 g/mol. The molecule has 0 N–H and O–H groups in total. The first-order valence-electron chi connectivity index (χ1n) is 6.58. The van der Waals surface area contributed by atoms with E-state index in [0.29, 0.717) is 0 Å². The normalized spacial score (nSPS) is 13.3. The van der Waals surface area contributed by atoms with Crippen molar-refractivity contribution in [1.82, 2.24) is 0 Å². The largest absolute Gasteiger partial charge is 0.457 e. The van der Waals surface area contributed by atoms with Gasteiger partial charge in [0.05, 0.1) is 5.41 Å². The summed E-state index contributed by atoms with van der Waals surface area (Å²) < 4.78 is 5.57. The predicted octanol–water partition coefficient (Wildman–Crippen LogP) is 4.49. The highest BCUT2D eigenvalue weighted by Gasteiger charge is 2.25. The van der Waals surface area contributed by atoms with Crippen LogP contribution in [-0.4, -0.2) is 5.97 Å². The second-order valence-corrected chi connectivity index (χ2v) is 5.87. The van der Waals surface area contributed by atoms with E-state index in [1.165, 1.54) is 5.39 Å². The minimum Gasteiger partial charge on any atom is -0.457 e. The van der Waals surface area contributed by atoms with Crippen molar-refractivity contribution < 1.29 is 9.53 Å². The molecule has 0 aliphatic heterocycles.